The summed E-state index contributed by atoms with van der Waals surface area (Å²) in [5, 5.41) is 15.4. The second-order valence-corrected chi connectivity index (χ2v) is 11.4. The van der Waals surface area contributed by atoms with E-state index in [2.05, 4.69) is 10.6 Å². The number of hydrogen-bond donors (Lipinski definition) is 3. The number of fused-ring (bicyclic) bond motifs is 1. The van der Waals surface area contributed by atoms with Crippen molar-refractivity contribution in [1.82, 2.24) is 10.2 Å². The van der Waals surface area contributed by atoms with Gasteiger partial charge in [-0.05, 0) is 52.2 Å². The van der Waals surface area contributed by atoms with Crippen LogP contribution >= 0.6 is 11.8 Å². The van der Waals surface area contributed by atoms with Gasteiger partial charge in [-0.1, -0.05) is 18.2 Å². The molecule has 168 valence electrons. The van der Waals surface area contributed by atoms with Crippen LogP contribution in [0.5, 0.6) is 0 Å². The van der Waals surface area contributed by atoms with E-state index in [9.17, 15) is 19.5 Å². The minimum Gasteiger partial charge on any atom is -0.396 e. The maximum Gasteiger partial charge on any atom is 0.244 e. The molecule has 3 N–H and O–H groups in total. The summed E-state index contributed by atoms with van der Waals surface area (Å²) >= 11 is 1.65. The van der Waals surface area contributed by atoms with Crippen LogP contribution in [0.3, 0.4) is 0 Å². The lowest BCUT2D eigenvalue weighted by molar-refractivity contribution is -0.139. The molecule has 3 fully saturated rings. The first-order valence-electron chi connectivity index (χ1n) is 10.9. The number of aliphatic hydroxyl groups excluding tert-OH is 1. The van der Waals surface area contributed by atoms with Crippen molar-refractivity contribution in [3.05, 3.63) is 30.3 Å². The zero-order valence-corrected chi connectivity index (χ0v) is 19.1. The Balaban J connectivity index is 1.66. The molecule has 8 heteroatoms. The molecule has 0 aromatic heterocycles. The van der Waals surface area contributed by atoms with Gasteiger partial charge in [0.25, 0.3) is 0 Å². The predicted molar refractivity (Wildman–Crippen MR) is 120 cm³/mol. The van der Waals surface area contributed by atoms with Crippen LogP contribution < -0.4 is 10.6 Å². The Kier molecular flexibility index (Phi) is 5.81. The van der Waals surface area contributed by atoms with Crippen molar-refractivity contribution in [1.29, 1.82) is 0 Å². The van der Waals surface area contributed by atoms with Gasteiger partial charge in [-0.3, -0.25) is 14.4 Å². The van der Waals surface area contributed by atoms with Gasteiger partial charge in [0.1, 0.15) is 6.04 Å². The summed E-state index contributed by atoms with van der Waals surface area (Å²) in [5.74, 6) is -1.43. The highest BCUT2D eigenvalue weighted by atomic mass is 32.2. The van der Waals surface area contributed by atoms with Gasteiger partial charge in [0.15, 0.2) is 0 Å². The van der Waals surface area contributed by atoms with Crippen molar-refractivity contribution in [2.24, 2.45) is 11.8 Å². The highest BCUT2D eigenvalue weighted by Gasteiger charge is 2.73. The van der Waals surface area contributed by atoms with Gasteiger partial charge < -0.3 is 20.6 Å². The van der Waals surface area contributed by atoms with Gasteiger partial charge in [-0.2, -0.15) is 0 Å². The number of aliphatic hydroxyl groups is 1. The monoisotopic (exact) mass is 445 g/mol. The fraction of sp³-hybridized carbons (Fsp3) is 0.609. The number of amides is 3. The van der Waals surface area contributed by atoms with Crippen LogP contribution in [-0.2, 0) is 14.4 Å². The lowest BCUT2D eigenvalue weighted by Crippen LogP contribution is -2.57. The first-order chi connectivity index (χ1) is 14.7. The highest BCUT2D eigenvalue weighted by Crippen LogP contribution is 2.66. The van der Waals surface area contributed by atoms with E-state index in [0.717, 1.165) is 12.8 Å². The number of anilines is 1. The predicted octanol–water partition coefficient (Wildman–Crippen LogP) is 2.01. The van der Waals surface area contributed by atoms with Gasteiger partial charge in [0.05, 0.1) is 16.6 Å². The van der Waals surface area contributed by atoms with Crippen LogP contribution in [-0.4, -0.2) is 62.5 Å². The fourth-order valence-corrected chi connectivity index (χ4v) is 7.64. The molecule has 1 spiro atoms. The van der Waals surface area contributed by atoms with Crippen molar-refractivity contribution >= 4 is 35.2 Å². The van der Waals surface area contributed by atoms with E-state index in [4.69, 9.17) is 0 Å². The molecule has 3 aliphatic rings. The van der Waals surface area contributed by atoms with E-state index in [0.29, 0.717) is 18.7 Å². The summed E-state index contributed by atoms with van der Waals surface area (Å²) in [7, 11) is 0. The SMILES string of the molecule is CC(C)(C)NC(=O)C1N(CCCO)C(=O)[C@@H]2[C@H](C(=O)Nc3ccccc3)[C@@H]3CCC12S3. The van der Waals surface area contributed by atoms with Crippen LogP contribution in [0, 0.1) is 11.8 Å². The van der Waals surface area contributed by atoms with Gasteiger partial charge in [0.2, 0.25) is 17.7 Å². The van der Waals surface area contributed by atoms with E-state index < -0.39 is 28.2 Å². The molecule has 2 bridgehead atoms. The Morgan fingerprint density at radius 1 is 1.23 bits per heavy atom. The molecule has 2 unspecified atom stereocenters. The summed E-state index contributed by atoms with van der Waals surface area (Å²) in [6, 6.07) is 8.64. The van der Waals surface area contributed by atoms with Crippen LogP contribution in [0.25, 0.3) is 0 Å². The molecule has 0 saturated carbocycles. The topological polar surface area (TPSA) is 98.7 Å². The number of carbonyl (C=O) groups excluding carboxylic acids is 3. The van der Waals surface area contributed by atoms with Crippen LogP contribution in [0.15, 0.2) is 30.3 Å². The van der Waals surface area contributed by atoms with Crippen LogP contribution in [0.4, 0.5) is 5.69 Å². The zero-order valence-electron chi connectivity index (χ0n) is 18.3. The average molecular weight is 446 g/mol. The number of carbonyl (C=O) groups is 3. The van der Waals surface area contributed by atoms with Crippen molar-refractivity contribution in [2.75, 3.05) is 18.5 Å². The number of nitrogens with one attached hydrogen (secondary N) is 2. The molecule has 4 rings (SSSR count). The molecule has 0 aliphatic carbocycles. The largest absolute Gasteiger partial charge is 0.396 e. The van der Waals surface area contributed by atoms with Gasteiger partial charge >= 0.3 is 0 Å². The summed E-state index contributed by atoms with van der Waals surface area (Å²) in [6.45, 7) is 6.02. The first kappa shape index (κ1) is 22.1. The quantitative estimate of drug-likeness (QED) is 0.622. The van der Waals surface area contributed by atoms with Crippen molar-refractivity contribution in [3.63, 3.8) is 0 Å². The molecule has 0 radical (unpaired) electrons. The van der Waals surface area contributed by atoms with Crippen LogP contribution in [0.2, 0.25) is 0 Å². The molecule has 7 nitrogen and oxygen atoms in total. The molecule has 1 aromatic rings. The molecule has 3 amide bonds. The molecule has 31 heavy (non-hydrogen) atoms. The number of thioether (sulfide) groups is 1. The molecular formula is C23H31N3O4S. The number of hydrogen-bond acceptors (Lipinski definition) is 5. The smallest absolute Gasteiger partial charge is 0.244 e. The third-order valence-corrected chi connectivity index (χ3v) is 8.40. The van der Waals surface area contributed by atoms with E-state index in [1.165, 1.54) is 0 Å². The Hall–Kier alpha value is -2.06. The Bertz CT molecular complexity index is 871. The summed E-state index contributed by atoms with van der Waals surface area (Å²) in [5.41, 5.74) is 0.280. The normalized spacial score (nSPS) is 31.6. The van der Waals surface area contributed by atoms with Gasteiger partial charge in [-0.15, -0.1) is 11.8 Å². The average Bonchev–Trinajstić information content (AvgIpc) is 3.33. The fourth-order valence-electron chi connectivity index (χ4n) is 5.42. The maximum absolute atomic E-state index is 13.6. The Morgan fingerprint density at radius 2 is 1.94 bits per heavy atom. The summed E-state index contributed by atoms with van der Waals surface area (Å²) in [4.78, 5) is 41.9. The van der Waals surface area contributed by atoms with Crippen molar-refractivity contribution in [2.45, 2.75) is 61.6 Å². The second-order valence-electron chi connectivity index (χ2n) is 9.76. The second kappa shape index (κ2) is 8.13. The molecule has 3 saturated heterocycles. The highest BCUT2D eigenvalue weighted by molar-refractivity contribution is 8.02. The van der Waals surface area contributed by atoms with E-state index in [1.807, 2.05) is 51.1 Å². The maximum atomic E-state index is 13.6. The van der Waals surface area contributed by atoms with Crippen molar-refractivity contribution < 1.29 is 19.5 Å². The molecule has 5 atom stereocenters. The number of benzene rings is 1. The lowest BCUT2D eigenvalue weighted by Gasteiger charge is -2.36. The Labute approximate surface area is 187 Å². The van der Waals surface area contributed by atoms with E-state index >= 15 is 0 Å². The molecular weight excluding hydrogens is 414 g/mol. The number of para-hydroxylation sites is 1. The van der Waals surface area contributed by atoms with Gasteiger partial charge in [0, 0.05) is 29.6 Å². The van der Waals surface area contributed by atoms with Crippen LogP contribution in [0.1, 0.15) is 40.0 Å². The zero-order chi connectivity index (χ0) is 22.4. The number of likely N-dealkylation sites (tertiary alicyclic amines) is 1. The molecule has 3 aliphatic heterocycles. The Morgan fingerprint density at radius 3 is 2.58 bits per heavy atom. The molecule has 1 aromatic carbocycles. The third-order valence-electron chi connectivity index (χ3n) is 6.45. The van der Waals surface area contributed by atoms with E-state index in [-0.39, 0.29) is 29.6 Å². The minimum absolute atomic E-state index is 0.0302. The summed E-state index contributed by atoms with van der Waals surface area (Å²) in [6.07, 6.45) is 1.96. The summed E-state index contributed by atoms with van der Waals surface area (Å²) < 4.78 is -0.592. The minimum atomic E-state index is -0.625. The first-order valence-corrected chi connectivity index (χ1v) is 11.8. The number of nitrogens with zero attached hydrogens (tertiary/aromatic N) is 1. The lowest BCUT2D eigenvalue weighted by atomic mass is 9.70. The molecule has 3 heterocycles. The van der Waals surface area contributed by atoms with E-state index in [1.54, 1.807) is 16.7 Å². The number of rotatable bonds is 6. The standard InChI is InChI=1S/C23H31N3O4S/c1-22(2,3)25-20(29)18-23-11-10-15(31-23)16(17(23)21(30)26(18)12-7-13-27)19(28)24-14-8-5-4-6-9-14/h4-6,8-9,15-18,27H,7,10-13H2,1-3H3,(H,24,28)(H,25,29)/t15-,16+,17-,18?,23?/m0/s1. The third kappa shape index (κ3) is 3.84. The van der Waals surface area contributed by atoms with Gasteiger partial charge in [-0.25, -0.2) is 0 Å². The van der Waals surface area contributed by atoms with Crippen molar-refractivity contribution in [3.8, 4) is 0 Å².